The van der Waals surface area contributed by atoms with E-state index < -0.39 is 0 Å². The van der Waals surface area contributed by atoms with Gasteiger partial charge in [-0.05, 0) is 57.3 Å². The predicted molar refractivity (Wildman–Crippen MR) is 90.1 cm³/mol. The maximum atomic E-state index is 5.81. The molecule has 0 radical (unpaired) electrons. The van der Waals surface area contributed by atoms with E-state index in [1.807, 2.05) is 24.5 Å². The molecule has 2 aromatic carbocycles. The Morgan fingerprint density at radius 2 is 1.95 bits per heavy atom. The molecular formula is C16H14IN3. The first-order valence-electron chi connectivity index (χ1n) is 6.34. The van der Waals surface area contributed by atoms with Crippen molar-refractivity contribution in [2.24, 2.45) is 5.84 Å². The number of hydrogen-bond acceptors (Lipinski definition) is 3. The number of hydrogen-bond donors (Lipinski definition) is 2. The summed E-state index contributed by atoms with van der Waals surface area (Å²) in [6.07, 6.45) is 3.70. The lowest BCUT2D eigenvalue weighted by molar-refractivity contribution is 0.640. The molecule has 0 saturated carbocycles. The number of aromatic nitrogens is 1. The van der Waals surface area contributed by atoms with Crippen LogP contribution in [-0.4, -0.2) is 4.98 Å². The SMILES string of the molecule is NNC(c1cccc(I)c1)c1cccc2ccncc12. The van der Waals surface area contributed by atoms with Gasteiger partial charge in [0.2, 0.25) is 0 Å². The molecular weight excluding hydrogens is 361 g/mol. The Morgan fingerprint density at radius 1 is 1.10 bits per heavy atom. The monoisotopic (exact) mass is 375 g/mol. The zero-order valence-electron chi connectivity index (χ0n) is 10.8. The second-order valence-electron chi connectivity index (χ2n) is 4.60. The normalized spacial score (nSPS) is 12.5. The summed E-state index contributed by atoms with van der Waals surface area (Å²) in [7, 11) is 0. The van der Waals surface area contributed by atoms with Crippen LogP contribution in [0, 0.1) is 3.57 Å². The Balaban J connectivity index is 2.17. The Bertz CT molecular complexity index is 737. The van der Waals surface area contributed by atoms with Crippen LogP contribution in [0.1, 0.15) is 17.2 Å². The van der Waals surface area contributed by atoms with Gasteiger partial charge in [0.1, 0.15) is 0 Å². The predicted octanol–water partition coefficient (Wildman–Crippen LogP) is 3.39. The third-order valence-electron chi connectivity index (χ3n) is 3.38. The van der Waals surface area contributed by atoms with Gasteiger partial charge < -0.3 is 0 Å². The third kappa shape index (κ3) is 2.54. The quantitative estimate of drug-likeness (QED) is 0.419. The van der Waals surface area contributed by atoms with Crippen molar-refractivity contribution in [3.05, 3.63) is 75.6 Å². The third-order valence-corrected chi connectivity index (χ3v) is 4.05. The Morgan fingerprint density at radius 3 is 2.75 bits per heavy atom. The molecule has 0 amide bonds. The molecule has 1 unspecified atom stereocenters. The summed E-state index contributed by atoms with van der Waals surface area (Å²) in [5.41, 5.74) is 5.21. The number of benzene rings is 2. The molecule has 3 rings (SSSR count). The Kier molecular flexibility index (Phi) is 3.95. The van der Waals surface area contributed by atoms with Gasteiger partial charge in [-0.15, -0.1) is 0 Å². The van der Waals surface area contributed by atoms with E-state index in [0.29, 0.717) is 0 Å². The molecule has 100 valence electrons. The van der Waals surface area contributed by atoms with Crippen molar-refractivity contribution in [3.63, 3.8) is 0 Å². The number of halogens is 1. The fourth-order valence-electron chi connectivity index (χ4n) is 2.44. The first kappa shape index (κ1) is 13.5. The van der Waals surface area contributed by atoms with Crippen LogP contribution in [0.4, 0.5) is 0 Å². The van der Waals surface area contributed by atoms with Crippen molar-refractivity contribution in [3.8, 4) is 0 Å². The van der Waals surface area contributed by atoms with E-state index in [9.17, 15) is 0 Å². The highest BCUT2D eigenvalue weighted by atomic mass is 127. The number of hydrazine groups is 1. The number of nitrogens with one attached hydrogen (secondary N) is 1. The van der Waals surface area contributed by atoms with Gasteiger partial charge in [0.15, 0.2) is 0 Å². The summed E-state index contributed by atoms with van der Waals surface area (Å²) in [6.45, 7) is 0. The summed E-state index contributed by atoms with van der Waals surface area (Å²) < 4.78 is 1.19. The van der Waals surface area contributed by atoms with Gasteiger partial charge in [0, 0.05) is 21.4 Å². The van der Waals surface area contributed by atoms with Crippen LogP contribution in [0.5, 0.6) is 0 Å². The molecule has 0 saturated heterocycles. The molecule has 20 heavy (non-hydrogen) atoms. The number of fused-ring (bicyclic) bond motifs is 1. The molecule has 1 heterocycles. The van der Waals surface area contributed by atoms with Gasteiger partial charge >= 0.3 is 0 Å². The molecule has 1 aromatic heterocycles. The zero-order valence-corrected chi connectivity index (χ0v) is 12.9. The van der Waals surface area contributed by atoms with E-state index in [-0.39, 0.29) is 6.04 Å². The zero-order chi connectivity index (χ0) is 13.9. The Labute approximate surface area is 131 Å². The van der Waals surface area contributed by atoms with Gasteiger partial charge in [-0.3, -0.25) is 10.8 Å². The average molecular weight is 375 g/mol. The molecule has 3 N–H and O–H groups in total. The first-order chi connectivity index (χ1) is 9.79. The second-order valence-corrected chi connectivity index (χ2v) is 5.84. The van der Waals surface area contributed by atoms with Crippen LogP contribution in [0.25, 0.3) is 10.8 Å². The molecule has 3 aromatic rings. The van der Waals surface area contributed by atoms with Crippen molar-refractivity contribution in [2.45, 2.75) is 6.04 Å². The van der Waals surface area contributed by atoms with Crippen molar-refractivity contribution in [2.75, 3.05) is 0 Å². The van der Waals surface area contributed by atoms with Crippen LogP contribution in [0.2, 0.25) is 0 Å². The van der Waals surface area contributed by atoms with Crippen molar-refractivity contribution < 1.29 is 0 Å². The van der Waals surface area contributed by atoms with E-state index in [4.69, 9.17) is 5.84 Å². The highest BCUT2D eigenvalue weighted by Gasteiger charge is 2.15. The molecule has 0 bridgehead atoms. The maximum Gasteiger partial charge on any atom is 0.0717 e. The minimum Gasteiger partial charge on any atom is -0.271 e. The van der Waals surface area contributed by atoms with Gasteiger partial charge in [-0.1, -0.05) is 30.3 Å². The van der Waals surface area contributed by atoms with Crippen LogP contribution in [-0.2, 0) is 0 Å². The highest BCUT2D eigenvalue weighted by molar-refractivity contribution is 14.1. The summed E-state index contributed by atoms with van der Waals surface area (Å²) in [6, 6.07) is 16.5. The van der Waals surface area contributed by atoms with E-state index in [1.54, 1.807) is 0 Å². The van der Waals surface area contributed by atoms with Crippen LogP contribution < -0.4 is 11.3 Å². The molecule has 0 aliphatic rings. The lowest BCUT2D eigenvalue weighted by Crippen LogP contribution is -2.29. The number of nitrogens with zero attached hydrogens (tertiary/aromatic N) is 1. The average Bonchev–Trinajstić information content (AvgIpc) is 2.48. The molecule has 0 fully saturated rings. The standard InChI is InChI=1S/C16H14IN3/c17-13-5-1-4-12(9-13)16(20-18)14-6-2-3-11-7-8-19-10-15(11)14/h1-10,16,20H,18H2. The van der Waals surface area contributed by atoms with E-state index in [0.717, 1.165) is 16.5 Å². The molecule has 4 heteroatoms. The molecule has 0 aliphatic heterocycles. The number of pyridine rings is 1. The highest BCUT2D eigenvalue weighted by Crippen LogP contribution is 2.28. The molecule has 3 nitrogen and oxygen atoms in total. The summed E-state index contributed by atoms with van der Waals surface area (Å²) in [5, 5.41) is 2.29. The minimum absolute atomic E-state index is 0.0439. The smallest absolute Gasteiger partial charge is 0.0717 e. The van der Waals surface area contributed by atoms with E-state index in [1.165, 1.54) is 8.96 Å². The van der Waals surface area contributed by atoms with E-state index >= 15 is 0 Å². The fraction of sp³-hybridized carbons (Fsp3) is 0.0625. The number of nitrogens with two attached hydrogens (primary N) is 1. The van der Waals surface area contributed by atoms with Crippen molar-refractivity contribution in [1.82, 2.24) is 10.4 Å². The number of rotatable bonds is 3. The molecule has 0 aliphatic carbocycles. The first-order valence-corrected chi connectivity index (χ1v) is 7.41. The Hall–Kier alpha value is -1.50. The lowest BCUT2D eigenvalue weighted by Gasteiger charge is -2.19. The summed E-state index contributed by atoms with van der Waals surface area (Å²) in [5.74, 6) is 5.81. The molecule has 0 spiro atoms. The fourth-order valence-corrected chi connectivity index (χ4v) is 3.01. The van der Waals surface area contributed by atoms with Gasteiger partial charge in [0.25, 0.3) is 0 Å². The van der Waals surface area contributed by atoms with E-state index in [2.05, 4.69) is 69.4 Å². The topological polar surface area (TPSA) is 50.9 Å². The van der Waals surface area contributed by atoms with Gasteiger partial charge in [-0.25, -0.2) is 5.43 Å². The van der Waals surface area contributed by atoms with Crippen LogP contribution in [0.3, 0.4) is 0 Å². The van der Waals surface area contributed by atoms with Crippen LogP contribution >= 0.6 is 22.6 Å². The lowest BCUT2D eigenvalue weighted by atomic mass is 9.95. The molecule has 1 atom stereocenters. The van der Waals surface area contributed by atoms with Gasteiger partial charge in [0.05, 0.1) is 6.04 Å². The second kappa shape index (κ2) is 5.87. The summed E-state index contributed by atoms with van der Waals surface area (Å²) >= 11 is 2.31. The minimum atomic E-state index is -0.0439. The van der Waals surface area contributed by atoms with Crippen LogP contribution in [0.15, 0.2) is 60.9 Å². The van der Waals surface area contributed by atoms with Gasteiger partial charge in [-0.2, -0.15) is 0 Å². The van der Waals surface area contributed by atoms with Crippen molar-refractivity contribution in [1.29, 1.82) is 0 Å². The van der Waals surface area contributed by atoms with Crippen molar-refractivity contribution >= 4 is 33.4 Å². The summed E-state index contributed by atoms with van der Waals surface area (Å²) in [4.78, 5) is 4.23. The largest absolute Gasteiger partial charge is 0.271 e. The maximum absolute atomic E-state index is 5.81.